The number of carbonyl (C=O) groups is 1. The molecule has 2 rings (SSSR count). The third-order valence-corrected chi connectivity index (χ3v) is 3.14. The van der Waals surface area contributed by atoms with Crippen LogP contribution in [-0.4, -0.2) is 24.3 Å². The summed E-state index contributed by atoms with van der Waals surface area (Å²) in [4.78, 5) is 11.0. The van der Waals surface area contributed by atoms with Gasteiger partial charge in [-0.2, -0.15) is 0 Å². The van der Waals surface area contributed by atoms with Gasteiger partial charge in [-0.05, 0) is 19.8 Å². The first kappa shape index (κ1) is 9.71. The molecule has 1 saturated carbocycles. The standard InChI is InChI=1S/C11H16O3/c1-3-10(12)13-7(2)8-5-4-6-9-11(8)14-9/h3,7-9,11H,1,4-6H2,2H3. The zero-order valence-corrected chi connectivity index (χ0v) is 8.44. The van der Waals surface area contributed by atoms with Gasteiger partial charge in [0.05, 0.1) is 12.2 Å². The van der Waals surface area contributed by atoms with Gasteiger partial charge in [0.1, 0.15) is 6.10 Å². The third kappa shape index (κ3) is 1.82. The Morgan fingerprint density at radius 3 is 3.14 bits per heavy atom. The summed E-state index contributed by atoms with van der Waals surface area (Å²) in [5.74, 6) is 0.0536. The van der Waals surface area contributed by atoms with E-state index in [9.17, 15) is 4.79 Å². The fourth-order valence-electron chi connectivity index (χ4n) is 2.30. The molecule has 2 aliphatic rings. The Balaban J connectivity index is 1.87. The zero-order valence-electron chi connectivity index (χ0n) is 8.44. The quantitative estimate of drug-likeness (QED) is 0.391. The number of esters is 1. The Morgan fingerprint density at radius 2 is 2.43 bits per heavy atom. The summed E-state index contributed by atoms with van der Waals surface area (Å²) >= 11 is 0. The van der Waals surface area contributed by atoms with Gasteiger partial charge in [-0.15, -0.1) is 0 Å². The second-order valence-electron chi connectivity index (χ2n) is 4.08. The van der Waals surface area contributed by atoms with Gasteiger partial charge >= 0.3 is 5.97 Å². The van der Waals surface area contributed by atoms with Crippen LogP contribution < -0.4 is 0 Å². The van der Waals surface area contributed by atoms with Crippen molar-refractivity contribution in [3.8, 4) is 0 Å². The van der Waals surface area contributed by atoms with E-state index >= 15 is 0 Å². The van der Waals surface area contributed by atoms with Crippen LogP contribution in [0, 0.1) is 5.92 Å². The molecule has 78 valence electrons. The molecule has 3 nitrogen and oxygen atoms in total. The molecule has 1 heterocycles. The first-order valence-electron chi connectivity index (χ1n) is 5.21. The largest absolute Gasteiger partial charge is 0.459 e. The van der Waals surface area contributed by atoms with Crippen LogP contribution in [0.15, 0.2) is 12.7 Å². The Kier molecular flexibility index (Phi) is 2.59. The fraction of sp³-hybridized carbons (Fsp3) is 0.727. The van der Waals surface area contributed by atoms with Crippen LogP contribution in [0.5, 0.6) is 0 Å². The topological polar surface area (TPSA) is 38.8 Å². The van der Waals surface area contributed by atoms with Crippen molar-refractivity contribution >= 4 is 5.97 Å². The average Bonchev–Trinajstić information content (AvgIpc) is 2.95. The summed E-state index contributed by atoms with van der Waals surface area (Å²) in [5.41, 5.74) is 0. The van der Waals surface area contributed by atoms with E-state index in [4.69, 9.17) is 9.47 Å². The van der Waals surface area contributed by atoms with Gasteiger partial charge in [0.25, 0.3) is 0 Å². The second kappa shape index (κ2) is 3.73. The molecule has 0 bridgehead atoms. The van der Waals surface area contributed by atoms with Gasteiger partial charge in [0, 0.05) is 12.0 Å². The monoisotopic (exact) mass is 196 g/mol. The van der Waals surface area contributed by atoms with Gasteiger partial charge in [0.15, 0.2) is 0 Å². The highest BCUT2D eigenvalue weighted by molar-refractivity contribution is 5.81. The molecule has 1 aliphatic carbocycles. The number of hydrogen-bond acceptors (Lipinski definition) is 3. The molecule has 0 radical (unpaired) electrons. The summed E-state index contributed by atoms with van der Waals surface area (Å²) in [6, 6.07) is 0. The number of ether oxygens (including phenoxy) is 2. The van der Waals surface area contributed by atoms with Gasteiger partial charge in [-0.1, -0.05) is 13.0 Å². The maximum Gasteiger partial charge on any atom is 0.330 e. The molecular formula is C11H16O3. The average molecular weight is 196 g/mol. The number of epoxide rings is 1. The Bertz CT molecular complexity index is 249. The molecule has 14 heavy (non-hydrogen) atoms. The molecule has 0 aromatic carbocycles. The highest BCUT2D eigenvalue weighted by atomic mass is 16.6. The Morgan fingerprint density at radius 1 is 1.64 bits per heavy atom. The highest BCUT2D eigenvalue weighted by Gasteiger charge is 2.49. The zero-order chi connectivity index (χ0) is 10.1. The van der Waals surface area contributed by atoms with Crippen molar-refractivity contribution in [1.82, 2.24) is 0 Å². The lowest BCUT2D eigenvalue weighted by Gasteiger charge is -2.24. The van der Waals surface area contributed by atoms with Crippen LogP contribution in [0.3, 0.4) is 0 Å². The minimum Gasteiger partial charge on any atom is -0.459 e. The van der Waals surface area contributed by atoms with Crippen molar-refractivity contribution in [2.75, 3.05) is 0 Å². The Hall–Kier alpha value is -0.830. The molecule has 1 aliphatic heterocycles. The van der Waals surface area contributed by atoms with Crippen molar-refractivity contribution < 1.29 is 14.3 Å². The van der Waals surface area contributed by atoms with E-state index in [0.29, 0.717) is 18.1 Å². The van der Waals surface area contributed by atoms with Crippen molar-refractivity contribution in [2.45, 2.75) is 44.5 Å². The van der Waals surface area contributed by atoms with Gasteiger partial charge in [-0.25, -0.2) is 4.79 Å². The van der Waals surface area contributed by atoms with E-state index in [1.807, 2.05) is 6.92 Å². The summed E-state index contributed by atoms with van der Waals surface area (Å²) < 4.78 is 10.7. The van der Waals surface area contributed by atoms with E-state index in [1.54, 1.807) is 0 Å². The number of hydrogen-bond donors (Lipinski definition) is 0. The lowest BCUT2D eigenvalue weighted by Crippen LogP contribution is -2.30. The van der Waals surface area contributed by atoms with Crippen LogP contribution in [0.4, 0.5) is 0 Å². The van der Waals surface area contributed by atoms with E-state index in [2.05, 4.69) is 6.58 Å². The predicted molar refractivity (Wildman–Crippen MR) is 51.8 cm³/mol. The predicted octanol–water partition coefficient (Wildman–Crippen LogP) is 1.67. The molecule has 0 aromatic rings. The summed E-state index contributed by atoms with van der Waals surface area (Å²) in [6.45, 7) is 5.32. The summed E-state index contributed by atoms with van der Waals surface area (Å²) in [5, 5.41) is 0. The highest BCUT2D eigenvalue weighted by Crippen LogP contribution is 2.42. The first-order valence-corrected chi connectivity index (χ1v) is 5.21. The van der Waals surface area contributed by atoms with E-state index in [0.717, 1.165) is 6.42 Å². The number of carbonyl (C=O) groups excluding carboxylic acids is 1. The Labute approximate surface area is 84.1 Å². The maximum atomic E-state index is 11.0. The van der Waals surface area contributed by atoms with Gasteiger partial charge < -0.3 is 9.47 Å². The van der Waals surface area contributed by atoms with Crippen molar-refractivity contribution in [3.63, 3.8) is 0 Å². The minimum atomic E-state index is -0.333. The maximum absolute atomic E-state index is 11.0. The van der Waals surface area contributed by atoms with E-state index in [1.165, 1.54) is 18.9 Å². The number of fused-ring (bicyclic) bond motifs is 1. The molecule has 2 fully saturated rings. The van der Waals surface area contributed by atoms with Crippen LogP contribution >= 0.6 is 0 Å². The van der Waals surface area contributed by atoms with E-state index < -0.39 is 0 Å². The van der Waals surface area contributed by atoms with Crippen molar-refractivity contribution in [1.29, 1.82) is 0 Å². The summed E-state index contributed by atoms with van der Waals surface area (Å²) in [7, 11) is 0. The third-order valence-electron chi connectivity index (χ3n) is 3.14. The van der Waals surface area contributed by atoms with Crippen LogP contribution in [-0.2, 0) is 14.3 Å². The second-order valence-corrected chi connectivity index (χ2v) is 4.08. The van der Waals surface area contributed by atoms with Crippen molar-refractivity contribution in [2.24, 2.45) is 5.92 Å². The lowest BCUT2D eigenvalue weighted by molar-refractivity contribution is -0.145. The SMILES string of the molecule is C=CC(=O)OC(C)C1CCCC2OC21. The molecule has 1 saturated heterocycles. The molecular weight excluding hydrogens is 180 g/mol. The first-order chi connectivity index (χ1) is 6.72. The normalized spacial score (nSPS) is 36.8. The number of rotatable bonds is 3. The molecule has 0 amide bonds. The molecule has 4 unspecified atom stereocenters. The fourth-order valence-corrected chi connectivity index (χ4v) is 2.30. The van der Waals surface area contributed by atoms with Crippen molar-refractivity contribution in [3.05, 3.63) is 12.7 Å². The molecule has 0 spiro atoms. The van der Waals surface area contributed by atoms with E-state index in [-0.39, 0.29) is 12.1 Å². The minimum absolute atomic E-state index is 0.0456. The smallest absolute Gasteiger partial charge is 0.330 e. The van der Waals surface area contributed by atoms with Crippen LogP contribution in [0.2, 0.25) is 0 Å². The lowest BCUT2D eigenvalue weighted by atomic mass is 9.86. The molecule has 4 atom stereocenters. The molecule has 0 aromatic heterocycles. The molecule has 0 N–H and O–H groups in total. The van der Waals surface area contributed by atoms with Crippen LogP contribution in [0.25, 0.3) is 0 Å². The van der Waals surface area contributed by atoms with Crippen LogP contribution in [0.1, 0.15) is 26.2 Å². The molecule has 3 heteroatoms. The van der Waals surface area contributed by atoms with Gasteiger partial charge in [-0.3, -0.25) is 0 Å². The summed E-state index contributed by atoms with van der Waals surface area (Å²) in [6.07, 6.45) is 5.41. The van der Waals surface area contributed by atoms with Gasteiger partial charge in [0.2, 0.25) is 0 Å².